The SMILES string of the molecule is CCC(CC)C(N)Cc1ncnn1C(C)C. The van der Waals surface area contributed by atoms with Gasteiger partial charge in [0.25, 0.3) is 0 Å². The fraction of sp³-hybridized carbons (Fsp3) is 0.833. The molecule has 92 valence electrons. The summed E-state index contributed by atoms with van der Waals surface area (Å²) in [5.41, 5.74) is 6.22. The first-order chi connectivity index (χ1) is 7.60. The Morgan fingerprint density at radius 3 is 2.44 bits per heavy atom. The molecule has 0 saturated heterocycles. The highest BCUT2D eigenvalue weighted by Crippen LogP contribution is 2.15. The molecule has 0 aliphatic rings. The first-order valence-electron chi connectivity index (χ1n) is 6.24. The monoisotopic (exact) mass is 224 g/mol. The van der Waals surface area contributed by atoms with Gasteiger partial charge in [-0.3, -0.25) is 0 Å². The molecular formula is C12H24N4. The fourth-order valence-corrected chi connectivity index (χ4v) is 2.12. The first kappa shape index (κ1) is 13.2. The lowest BCUT2D eigenvalue weighted by atomic mass is 9.92. The number of nitrogens with zero attached hydrogens (tertiary/aromatic N) is 3. The van der Waals surface area contributed by atoms with E-state index in [2.05, 4.69) is 37.8 Å². The predicted molar refractivity (Wildman–Crippen MR) is 66.2 cm³/mol. The molecule has 0 bridgehead atoms. The summed E-state index contributed by atoms with van der Waals surface area (Å²) >= 11 is 0. The van der Waals surface area contributed by atoms with Gasteiger partial charge in [0.05, 0.1) is 0 Å². The van der Waals surface area contributed by atoms with Gasteiger partial charge in [-0.1, -0.05) is 26.7 Å². The number of hydrogen-bond acceptors (Lipinski definition) is 3. The average Bonchev–Trinajstić information content (AvgIpc) is 2.67. The summed E-state index contributed by atoms with van der Waals surface area (Å²) in [5, 5.41) is 4.23. The lowest BCUT2D eigenvalue weighted by molar-refractivity contribution is 0.378. The van der Waals surface area contributed by atoms with Crippen molar-refractivity contribution in [3.8, 4) is 0 Å². The van der Waals surface area contributed by atoms with E-state index in [4.69, 9.17) is 5.73 Å². The molecule has 1 unspecified atom stereocenters. The van der Waals surface area contributed by atoms with Gasteiger partial charge in [0.1, 0.15) is 12.2 Å². The summed E-state index contributed by atoms with van der Waals surface area (Å²) in [6, 6.07) is 0.545. The van der Waals surface area contributed by atoms with Crippen LogP contribution in [0.3, 0.4) is 0 Å². The van der Waals surface area contributed by atoms with Gasteiger partial charge in [0.2, 0.25) is 0 Å². The summed E-state index contributed by atoms with van der Waals surface area (Å²) in [6.45, 7) is 8.62. The molecule has 1 aromatic heterocycles. The van der Waals surface area contributed by atoms with Crippen molar-refractivity contribution in [1.82, 2.24) is 14.8 Å². The van der Waals surface area contributed by atoms with Crippen molar-refractivity contribution >= 4 is 0 Å². The minimum absolute atomic E-state index is 0.191. The van der Waals surface area contributed by atoms with E-state index in [1.165, 1.54) is 0 Å². The normalized spacial score (nSPS) is 13.7. The van der Waals surface area contributed by atoms with Crippen LogP contribution in [0, 0.1) is 5.92 Å². The van der Waals surface area contributed by atoms with Crippen molar-refractivity contribution in [3.05, 3.63) is 12.2 Å². The van der Waals surface area contributed by atoms with Crippen LogP contribution < -0.4 is 5.73 Å². The predicted octanol–water partition coefficient (Wildman–Crippen LogP) is 2.17. The molecule has 1 aromatic rings. The lowest BCUT2D eigenvalue weighted by Crippen LogP contribution is -2.33. The highest BCUT2D eigenvalue weighted by Gasteiger charge is 2.18. The van der Waals surface area contributed by atoms with Crippen LogP contribution in [0.25, 0.3) is 0 Å². The summed E-state index contributed by atoms with van der Waals surface area (Å²) < 4.78 is 1.96. The van der Waals surface area contributed by atoms with Crippen molar-refractivity contribution in [3.63, 3.8) is 0 Å². The molecule has 4 nitrogen and oxygen atoms in total. The molecule has 4 heteroatoms. The molecular weight excluding hydrogens is 200 g/mol. The zero-order valence-corrected chi connectivity index (χ0v) is 10.8. The molecule has 0 aromatic carbocycles. The second-order valence-corrected chi connectivity index (χ2v) is 4.66. The van der Waals surface area contributed by atoms with E-state index in [-0.39, 0.29) is 6.04 Å². The van der Waals surface area contributed by atoms with Gasteiger partial charge in [-0.25, -0.2) is 9.67 Å². The Bertz CT molecular complexity index is 302. The molecule has 0 aliphatic heterocycles. The summed E-state index contributed by atoms with van der Waals surface area (Å²) in [5.74, 6) is 1.59. The zero-order valence-electron chi connectivity index (χ0n) is 10.8. The van der Waals surface area contributed by atoms with Gasteiger partial charge in [-0.2, -0.15) is 5.10 Å². The topological polar surface area (TPSA) is 56.7 Å². The van der Waals surface area contributed by atoms with Crippen molar-refractivity contribution < 1.29 is 0 Å². The smallest absolute Gasteiger partial charge is 0.138 e. The third-order valence-corrected chi connectivity index (χ3v) is 3.21. The van der Waals surface area contributed by atoms with Crippen LogP contribution in [0.15, 0.2) is 6.33 Å². The highest BCUT2D eigenvalue weighted by molar-refractivity contribution is 4.92. The van der Waals surface area contributed by atoms with E-state index in [0.29, 0.717) is 12.0 Å². The van der Waals surface area contributed by atoms with Crippen LogP contribution in [0.4, 0.5) is 0 Å². The van der Waals surface area contributed by atoms with Gasteiger partial charge in [0.15, 0.2) is 0 Å². The number of aromatic nitrogens is 3. The van der Waals surface area contributed by atoms with Gasteiger partial charge < -0.3 is 5.73 Å². The Labute approximate surface area is 98.2 Å². The number of rotatable bonds is 6. The van der Waals surface area contributed by atoms with Crippen molar-refractivity contribution in [2.75, 3.05) is 0 Å². The van der Waals surface area contributed by atoms with Crippen molar-refractivity contribution in [1.29, 1.82) is 0 Å². The van der Waals surface area contributed by atoms with E-state index >= 15 is 0 Å². The molecule has 2 N–H and O–H groups in total. The minimum atomic E-state index is 0.191. The maximum absolute atomic E-state index is 6.22. The van der Waals surface area contributed by atoms with Crippen molar-refractivity contribution in [2.24, 2.45) is 11.7 Å². The van der Waals surface area contributed by atoms with Crippen LogP contribution in [0.5, 0.6) is 0 Å². The number of nitrogens with two attached hydrogens (primary N) is 1. The third kappa shape index (κ3) is 3.04. The molecule has 0 amide bonds. The van der Waals surface area contributed by atoms with Gasteiger partial charge in [-0.15, -0.1) is 0 Å². The average molecular weight is 224 g/mol. The van der Waals surface area contributed by atoms with Crippen LogP contribution in [0.2, 0.25) is 0 Å². The molecule has 16 heavy (non-hydrogen) atoms. The molecule has 1 rings (SSSR count). The Balaban J connectivity index is 2.68. The van der Waals surface area contributed by atoms with Gasteiger partial charge in [0, 0.05) is 18.5 Å². The summed E-state index contributed by atoms with van der Waals surface area (Å²) in [6.07, 6.45) is 4.71. The summed E-state index contributed by atoms with van der Waals surface area (Å²) in [7, 11) is 0. The fourth-order valence-electron chi connectivity index (χ4n) is 2.12. The van der Waals surface area contributed by atoms with E-state index < -0.39 is 0 Å². The molecule has 0 radical (unpaired) electrons. The Kier molecular flexibility index (Phi) is 4.93. The maximum Gasteiger partial charge on any atom is 0.138 e. The van der Waals surface area contributed by atoms with E-state index in [1.807, 2.05) is 4.68 Å². The van der Waals surface area contributed by atoms with Gasteiger partial charge in [-0.05, 0) is 19.8 Å². The molecule has 1 atom stereocenters. The van der Waals surface area contributed by atoms with E-state index in [0.717, 1.165) is 25.1 Å². The van der Waals surface area contributed by atoms with E-state index in [1.54, 1.807) is 6.33 Å². The zero-order chi connectivity index (χ0) is 12.1. The van der Waals surface area contributed by atoms with Crippen LogP contribution in [0.1, 0.15) is 52.4 Å². The first-order valence-corrected chi connectivity index (χ1v) is 6.24. The van der Waals surface area contributed by atoms with Crippen LogP contribution in [-0.2, 0) is 6.42 Å². The Morgan fingerprint density at radius 2 is 1.94 bits per heavy atom. The Hall–Kier alpha value is -0.900. The third-order valence-electron chi connectivity index (χ3n) is 3.21. The maximum atomic E-state index is 6.22. The molecule has 0 fully saturated rings. The molecule has 1 heterocycles. The summed E-state index contributed by atoms with van der Waals surface area (Å²) in [4.78, 5) is 4.30. The molecule has 0 saturated carbocycles. The standard InChI is InChI=1S/C12H24N4/c1-5-10(6-2)11(13)7-12-14-8-15-16(12)9(3)4/h8-11H,5-7,13H2,1-4H3. The highest BCUT2D eigenvalue weighted by atomic mass is 15.3. The minimum Gasteiger partial charge on any atom is -0.327 e. The van der Waals surface area contributed by atoms with Crippen molar-refractivity contribution in [2.45, 2.75) is 59.0 Å². The number of hydrogen-bond donors (Lipinski definition) is 1. The second-order valence-electron chi connectivity index (χ2n) is 4.66. The largest absolute Gasteiger partial charge is 0.327 e. The van der Waals surface area contributed by atoms with Crippen LogP contribution >= 0.6 is 0 Å². The quantitative estimate of drug-likeness (QED) is 0.805. The lowest BCUT2D eigenvalue weighted by Gasteiger charge is -2.21. The second kappa shape index (κ2) is 5.99. The molecule has 0 spiro atoms. The van der Waals surface area contributed by atoms with Gasteiger partial charge >= 0.3 is 0 Å². The molecule has 0 aliphatic carbocycles. The van der Waals surface area contributed by atoms with E-state index in [9.17, 15) is 0 Å². The Morgan fingerprint density at radius 1 is 1.31 bits per heavy atom. The van der Waals surface area contributed by atoms with Crippen LogP contribution in [-0.4, -0.2) is 20.8 Å².